The van der Waals surface area contributed by atoms with Crippen molar-refractivity contribution in [1.29, 1.82) is 0 Å². The van der Waals surface area contributed by atoms with Crippen LogP contribution in [0.25, 0.3) is 15.9 Å². The highest BCUT2D eigenvalue weighted by atomic mass is 32.1. The molecule has 1 aliphatic carbocycles. The van der Waals surface area contributed by atoms with Crippen molar-refractivity contribution in [2.75, 3.05) is 13.1 Å². The lowest BCUT2D eigenvalue weighted by Crippen LogP contribution is -2.28. The van der Waals surface area contributed by atoms with Crippen LogP contribution in [0.15, 0.2) is 6.33 Å². The molecule has 0 unspecified atom stereocenters. The minimum absolute atomic E-state index is 0.0544. The number of hydrogen-bond acceptors (Lipinski definition) is 5. The van der Waals surface area contributed by atoms with Crippen molar-refractivity contribution >= 4 is 33.1 Å². The van der Waals surface area contributed by atoms with E-state index >= 15 is 0 Å². The standard InChI is InChI=1S/C20H25N5OS/c1-20(2,3)12-6-7-13-14(10-12)27-18-15(13)17-22-16(23-25(17)11-21-18)19(26)24-8-4-5-9-24/h11-12H,4-10H2,1-3H3/t12-/m0/s1. The van der Waals surface area contributed by atoms with Crippen molar-refractivity contribution in [2.24, 2.45) is 11.3 Å². The second kappa shape index (κ2) is 5.99. The Morgan fingerprint density at radius 1 is 1.26 bits per heavy atom. The number of rotatable bonds is 1. The zero-order valence-electron chi connectivity index (χ0n) is 16.2. The maximum absolute atomic E-state index is 12.7. The van der Waals surface area contributed by atoms with E-state index in [2.05, 4.69) is 35.8 Å². The van der Waals surface area contributed by atoms with Crippen LogP contribution in [0.5, 0.6) is 0 Å². The number of amides is 1. The molecule has 6 nitrogen and oxygen atoms in total. The van der Waals surface area contributed by atoms with Gasteiger partial charge in [0.05, 0.1) is 5.39 Å². The topological polar surface area (TPSA) is 63.4 Å². The molecule has 1 atom stereocenters. The number of thiophene rings is 1. The second-order valence-electron chi connectivity index (χ2n) is 8.94. The van der Waals surface area contributed by atoms with Gasteiger partial charge in [-0.3, -0.25) is 4.79 Å². The fraction of sp³-hybridized carbons (Fsp3) is 0.600. The van der Waals surface area contributed by atoms with Crippen molar-refractivity contribution in [3.05, 3.63) is 22.6 Å². The first-order chi connectivity index (χ1) is 12.9. The van der Waals surface area contributed by atoms with Crippen LogP contribution in [0.3, 0.4) is 0 Å². The Labute approximate surface area is 162 Å². The van der Waals surface area contributed by atoms with Crippen LogP contribution in [-0.4, -0.2) is 43.5 Å². The van der Waals surface area contributed by atoms with Crippen LogP contribution in [0.2, 0.25) is 0 Å². The van der Waals surface area contributed by atoms with E-state index in [9.17, 15) is 4.79 Å². The van der Waals surface area contributed by atoms with Crippen molar-refractivity contribution < 1.29 is 4.79 Å². The average molecular weight is 384 g/mol. The maximum Gasteiger partial charge on any atom is 0.293 e. The van der Waals surface area contributed by atoms with Crippen LogP contribution >= 0.6 is 11.3 Å². The Hall–Kier alpha value is -2.02. The quantitative estimate of drug-likeness (QED) is 0.642. The first-order valence-electron chi connectivity index (χ1n) is 9.87. The third-order valence-electron chi connectivity index (χ3n) is 6.20. The van der Waals surface area contributed by atoms with Crippen LogP contribution in [0.4, 0.5) is 0 Å². The van der Waals surface area contributed by atoms with Gasteiger partial charge in [-0.15, -0.1) is 16.4 Å². The van der Waals surface area contributed by atoms with Gasteiger partial charge >= 0.3 is 0 Å². The number of hydrogen-bond donors (Lipinski definition) is 0. The van der Waals surface area contributed by atoms with Crippen LogP contribution in [0, 0.1) is 11.3 Å². The zero-order chi connectivity index (χ0) is 18.8. The minimum atomic E-state index is -0.0544. The summed E-state index contributed by atoms with van der Waals surface area (Å²) < 4.78 is 1.69. The van der Waals surface area contributed by atoms with Gasteiger partial charge in [0.1, 0.15) is 11.2 Å². The lowest BCUT2D eigenvalue weighted by atomic mass is 9.72. The Bertz CT molecular complexity index is 1040. The summed E-state index contributed by atoms with van der Waals surface area (Å²) in [6, 6.07) is 0. The summed E-state index contributed by atoms with van der Waals surface area (Å²) in [4.78, 5) is 26.3. The predicted molar refractivity (Wildman–Crippen MR) is 106 cm³/mol. The van der Waals surface area contributed by atoms with E-state index in [1.807, 2.05) is 4.90 Å². The van der Waals surface area contributed by atoms with E-state index in [0.717, 1.165) is 54.6 Å². The number of fused-ring (bicyclic) bond motifs is 5. The smallest absolute Gasteiger partial charge is 0.293 e. The van der Waals surface area contributed by atoms with E-state index in [1.54, 1.807) is 22.2 Å². The first-order valence-corrected chi connectivity index (χ1v) is 10.7. The van der Waals surface area contributed by atoms with E-state index in [-0.39, 0.29) is 5.91 Å². The van der Waals surface area contributed by atoms with Crippen LogP contribution < -0.4 is 0 Å². The van der Waals surface area contributed by atoms with Crippen molar-refractivity contribution in [3.63, 3.8) is 0 Å². The summed E-state index contributed by atoms with van der Waals surface area (Å²) in [6.45, 7) is 8.62. The van der Waals surface area contributed by atoms with Crippen LogP contribution in [-0.2, 0) is 12.8 Å². The third-order valence-corrected chi connectivity index (χ3v) is 7.36. The Morgan fingerprint density at radius 3 is 2.78 bits per heavy atom. The summed E-state index contributed by atoms with van der Waals surface area (Å²) in [5.41, 5.74) is 2.48. The maximum atomic E-state index is 12.7. The summed E-state index contributed by atoms with van der Waals surface area (Å²) in [5, 5.41) is 5.56. The van der Waals surface area contributed by atoms with Crippen molar-refractivity contribution in [3.8, 4) is 0 Å². The van der Waals surface area contributed by atoms with Gasteiger partial charge in [0.25, 0.3) is 5.91 Å². The average Bonchev–Trinajstić information content (AvgIpc) is 3.35. The summed E-state index contributed by atoms with van der Waals surface area (Å²) in [7, 11) is 0. The normalized spacial score (nSPS) is 20.6. The molecule has 0 radical (unpaired) electrons. The van der Waals surface area contributed by atoms with Crippen molar-refractivity contribution in [2.45, 2.75) is 52.9 Å². The van der Waals surface area contributed by atoms with E-state index in [0.29, 0.717) is 17.2 Å². The highest BCUT2D eigenvalue weighted by molar-refractivity contribution is 7.19. The monoisotopic (exact) mass is 383 g/mol. The molecule has 5 rings (SSSR count). The molecule has 27 heavy (non-hydrogen) atoms. The predicted octanol–water partition coefficient (Wildman–Crippen LogP) is 3.73. The van der Waals surface area contributed by atoms with Gasteiger partial charge in [0.2, 0.25) is 5.82 Å². The second-order valence-corrected chi connectivity index (χ2v) is 10.0. The molecule has 142 valence electrons. The largest absolute Gasteiger partial charge is 0.336 e. The molecule has 0 saturated carbocycles. The lowest BCUT2D eigenvalue weighted by molar-refractivity contribution is 0.0781. The number of aryl methyl sites for hydroxylation is 1. The van der Waals surface area contributed by atoms with Crippen molar-refractivity contribution in [1.82, 2.24) is 24.5 Å². The zero-order valence-corrected chi connectivity index (χ0v) is 17.0. The van der Waals surface area contributed by atoms with E-state index in [4.69, 9.17) is 0 Å². The fourth-order valence-electron chi connectivity index (χ4n) is 4.47. The molecule has 0 aromatic carbocycles. The Morgan fingerprint density at radius 2 is 2.04 bits per heavy atom. The molecule has 0 N–H and O–H groups in total. The molecule has 1 saturated heterocycles. The SMILES string of the molecule is CC(C)(C)[C@H]1CCc2c(sc3ncn4nc(C(=O)N5CCCC5)nc4c23)C1. The molecular formula is C20H25N5OS. The number of carbonyl (C=O) groups is 1. The van der Waals surface area contributed by atoms with Gasteiger partial charge in [-0.1, -0.05) is 20.8 Å². The number of aromatic nitrogens is 4. The number of nitrogens with zero attached hydrogens (tertiary/aromatic N) is 5. The molecule has 1 aliphatic heterocycles. The Kier molecular flexibility index (Phi) is 3.79. The molecule has 7 heteroatoms. The van der Waals surface area contributed by atoms with Gasteiger partial charge in [0.15, 0.2) is 5.65 Å². The van der Waals surface area contributed by atoms with Gasteiger partial charge in [-0.25, -0.2) is 14.5 Å². The number of likely N-dealkylation sites (tertiary alicyclic amines) is 1. The molecule has 0 spiro atoms. The molecule has 4 heterocycles. The van der Waals surface area contributed by atoms with Gasteiger partial charge in [-0.2, -0.15) is 0 Å². The van der Waals surface area contributed by atoms with Gasteiger partial charge in [-0.05, 0) is 49.0 Å². The van der Waals surface area contributed by atoms with E-state index < -0.39 is 0 Å². The van der Waals surface area contributed by atoms with Crippen LogP contribution in [0.1, 0.15) is 61.1 Å². The summed E-state index contributed by atoms with van der Waals surface area (Å²) in [6.07, 6.45) is 7.20. The lowest BCUT2D eigenvalue weighted by Gasteiger charge is -2.33. The van der Waals surface area contributed by atoms with Gasteiger partial charge < -0.3 is 4.90 Å². The third kappa shape index (κ3) is 2.74. The molecule has 1 amide bonds. The Balaban J connectivity index is 1.59. The summed E-state index contributed by atoms with van der Waals surface area (Å²) >= 11 is 1.79. The molecule has 1 fully saturated rings. The highest BCUT2D eigenvalue weighted by Crippen LogP contribution is 2.43. The molecule has 3 aromatic rings. The number of carbonyl (C=O) groups excluding carboxylic acids is 1. The van der Waals surface area contributed by atoms with Gasteiger partial charge in [0, 0.05) is 18.0 Å². The fourth-order valence-corrected chi connectivity index (χ4v) is 5.73. The molecule has 0 bridgehead atoms. The molecule has 2 aliphatic rings. The molecular weight excluding hydrogens is 358 g/mol. The summed E-state index contributed by atoms with van der Waals surface area (Å²) in [5.74, 6) is 0.940. The van der Waals surface area contributed by atoms with E-state index in [1.165, 1.54) is 16.9 Å². The molecule has 3 aromatic heterocycles. The minimum Gasteiger partial charge on any atom is -0.336 e. The highest BCUT2D eigenvalue weighted by Gasteiger charge is 2.32. The first kappa shape index (κ1) is 17.1.